The molecule has 0 aliphatic carbocycles. The maximum Gasteiger partial charge on any atom is 0.326 e. The number of carbonyl (C=O) groups is 2. The smallest absolute Gasteiger partial charge is 0.326 e. The third-order valence-electron chi connectivity index (χ3n) is 3.08. The molecule has 0 saturated carbocycles. The number of nitrogens with two attached hydrogens (primary N) is 1. The van der Waals surface area contributed by atoms with E-state index < -0.39 is 12.0 Å². The van der Waals surface area contributed by atoms with Gasteiger partial charge in [0.25, 0.3) is 0 Å². The van der Waals surface area contributed by atoms with Crippen LogP contribution in [0.25, 0.3) is 0 Å². The molecule has 3 N–H and O–H groups in total. The Balaban J connectivity index is 2.55. The van der Waals surface area contributed by atoms with Gasteiger partial charge in [-0.05, 0) is 32.2 Å². The summed E-state index contributed by atoms with van der Waals surface area (Å²) in [5.74, 6) is -1.06. The molecule has 5 nitrogen and oxygen atoms in total. The molecular weight excluding hydrogens is 208 g/mol. The van der Waals surface area contributed by atoms with Crippen LogP contribution in [0.1, 0.15) is 32.6 Å². The molecular formula is C11H20N2O3. The molecule has 0 spiro atoms. The second kappa shape index (κ2) is 5.84. The molecule has 1 unspecified atom stereocenters. The van der Waals surface area contributed by atoms with Gasteiger partial charge in [0.05, 0.1) is 0 Å². The number of amides is 1. The van der Waals surface area contributed by atoms with Crippen LogP contribution in [0.3, 0.4) is 0 Å². The van der Waals surface area contributed by atoms with Crippen molar-refractivity contribution >= 4 is 11.9 Å². The van der Waals surface area contributed by atoms with Crippen LogP contribution in [-0.4, -0.2) is 41.0 Å². The molecule has 1 rings (SSSR count). The highest BCUT2D eigenvalue weighted by molar-refractivity contribution is 5.85. The number of nitrogens with zero attached hydrogens (tertiary/aromatic N) is 1. The minimum absolute atomic E-state index is 0.0432. The lowest BCUT2D eigenvalue weighted by Gasteiger charge is -2.24. The molecule has 92 valence electrons. The minimum Gasteiger partial charge on any atom is -0.480 e. The third kappa shape index (κ3) is 2.95. The third-order valence-corrected chi connectivity index (χ3v) is 3.08. The van der Waals surface area contributed by atoms with Crippen molar-refractivity contribution < 1.29 is 14.7 Å². The number of carboxylic acids is 1. The minimum atomic E-state index is -0.892. The van der Waals surface area contributed by atoms with Crippen molar-refractivity contribution in [1.29, 1.82) is 0 Å². The van der Waals surface area contributed by atoms with E-state index in [4.69, 9.17) is 10.8 Å². The lowest BCUT2D eigenvalue weighted by Crippen LogP contribution is -2.43. The molecule has 0 aromatic carbocycles. The maximum absolute atomic E-state index is 12.0. The fraction of sp³-hybridized carbons (Fsp3) is 0.818. The van der Waals surface area contributed by atoms with E-state index in [2.05, 4.69) is 0 Å². The molecule has 1 fully saturated rings. The van der Waals surface area contributed by atoms with Crippen LogP contribution in [-0.2, 0) is 9.59 Å². The molecule has 1 aliphatic rings. The van der Waals surface area contributed by atoms with E-state index in [0.29, 0.717) is 19.5 Å². The van der Waals surface area contributed by atoms with Crippen LogP contribution in [0.15, 0.2) is 0 Å². The number of rotatable bonds is 5. The van der Waals surface area contributed by atoms with Crippen LogP contribution < -0.4 is 5.73 Å². The van der Waals surface area contributed by atoms with E-state index in [-0.39, 0.29) is 11.8 Å². The zero-order valence-electron chi connectivity index (χ0n) is 9.69. The Morgan fingerprint density at radius 2 is 2.25 bits per heavy atom. The SMILES string of the molecule is CC(CCCN)C(=O)N1CCC[C@H]1C(=O)O. The Hall–Kier alpha value is -1.10. The van der Waals surface area contributed by atoms with Crippen LogP contribution in [0.2, 0.25) is 0 Å². The van der Waals surface area contributed by atoms with Gasteiger partial charge in [-0.2, -0.15) is 0 Å². The molecule has 16 heavy (non-hydrogen) atoms. The van der Waals surface area contributed by atoms with Crippen LogP contribution in [0.4, 0.5) is 0 Å². The van der Waals surface area contributed by atoms with Crippen LogP contribution >= 0.6 is 0 Å². The number of carboxylic acid groups (broad SMARTS) is 1. The van der Waals surface area contributed by atoms with Gasteiger partial charge in [0.1, 0.15) is 6.04 Å². The molecule has 0 radical (unpaired) electrons. The number of aliphatic carboxylic acids is 1. The summed E-state index contributed by atoms with van der Waals surface area (Å²) >= 11 is 0. The average Bonchev–Trinajstić information content (AvgIpc) is 2.73. The first-order valence-electron chi connectivity index (χ1n) is 5.81. The van der Waals surface area contributed by atoms with Gasteiger partial charge in [-0.25, -0.2) is 4.79 Å². The quantitative estimate of drug-likeness (QED) is 0.715. The second-order valence-electron chi connectivity index (χ2n) is 4.36. The first-order chi connectivity index (χ1) is 7.57. The Morgan fingerprint density at radius 3 is 2.81 bits per heavy atom. The van der Waals surface area contributed by atoms with Crippen molar-refractivity contribution in [3.63, 3.8) is 0 Å². The van der Waals surface area contributed by atoms with Gasteiger partial charge in [0, 0.05) is 12.5 Å². The second-order valence-corrected chi connectivity index (χ2v) is 4.36. The highest BCUT2D eigenvalue weighted by Crippen LogP contribution is 2.21. The number of likely N-dealkylation sites (tertiary alicyclic amines) is 1. The lowest BCUT2D eigenvalue weighted by molar-refractivity contribution is -0.149. The molecule has 1 amide bonds. The van der Waals surface area contributed by atoms with E-state index in [0.717, 1.165) is 19.3 Å². The summed E-state index contributed by atoms with van der Waals surface area (Å²) in [6.07, 6.45) is 2.90. The van der Waals surface area contributed by atoms with Crippen LogP contribution in [0.5, 0.6) is 0 Å². The summed E-state index contributed by atoms with van der Waals surface area (Å²) in [6, 6.07) is -0.618. The summed E-state index contributed by atoms with van der Waals surface area (Å²) in [6.45, 7) is 2.98. The largest absolute Gasteiger partial charge is 0.480 e. The van der Waals surface area contributed by atoms with E-state index in [1.165, 1.54) is 4.90 Å². The van der Waals surface area contributed by atoms with Crippen molar-refractivity contribution in [1.82, 2.24) is 4.90 Å². The highest BCUT2D eigenvalue weighted by atomic mass is 16.4. The maximum atomic E-state index is 12.0. The van der Waals surface area contributed by atoms with Crippen molar-refractivity contribution in [2.24, 2.45) is 11.7 Å². The molecule has 1 aliphatic heterocycles. The van der Waals surface area contributed by atoms with Gasteiger partial charge >= 0.3 is 5.97 Å². The molecule has 0 bridgehead atoms. The zero-order chi connectivity index (χ0) is 12.1. The van der Waals surface area contributed by atoms with E-state index in [1.54, 1.807) is 0 Å². The molecule has 1 heterocycles. The van der Waals surface area contributed by atoms with Gasteiger partial charge < -0.3 is 15.7 Å². The lowest BCUT2D eigenvalue weighted by atomic mass is 10.0. The summed E-state index contributed by atoms with van der Waals surface area (Å²) < 4.78 is 0. The standard InChI is InChI=1S/C11H20N2O3/c1-8(4-2-6-12)10(14)13-7-3-5-9(13)11(15)16/h8-9H,2-7,12H2,1H3,(H,15,16)/t8?,9-/m0/s1. The molecule has 5 heteroatoms. The topological polar surface area (TPSA) is 83.6 Å². The van der Waals surface area contributed by atoms with Crippen molar-refractivity contribution in [3.8, 4) is 0 Å². The average molecular weight is 228 g/mol. The number of hydrogen-bond donors (Lipinski definition) is 2. The summed E-state index contributed by atoms with van der Waals surface area (Å²) in [7, 11) is 0. The molecule has 1 saturated heterocycles. The van der Waals surface area contributed by atoms with E-state index in [1.807, 2.05) is 6.92 Å². The first kappa shape index (κ1) is 13.0. The Bertz CT molecular complexity index is 268. The van der Waals surface area contributed by atoms with Crippen molar-refractivity contribution in [3.05, 3.63) is 0 Å². The predicted molar refractivity (Wildman–Crippen MR) is 59.8 cm³/mol. The zero-order valence-corrected chi connectivity index (χ0v) is 9.69. The van der Waals surface area contributed by atoms with Crippen LogP contribution in [0, 0.1) is 5.92 Å². The van der Waals surface area contributed by atoms with Gasteiger partial charge in [0.2, 0.25) is 5.91 Å². The Morgan fingerprint density at radius 1 is 1.56 bits per heavy atom. The van der Waals surface area contributed by atoms with Gasteiger partial charge in [-0.15, -0.1) is 0 Å². The highest BCUT2D eigenvalue weighted by Gasteiger charge is 2.35. The summed E-state index contributed by atoms with van der Waals surface area (Å²) in [5, 5.41) is 8.98. The number of hydrogen-bond acceptors (Lipinski definition) is 3. The summed E-state index contributed by atoms with van der Waals surface area (Å²) in [4.78, 5) is 24.4. The predicted octanol–water partition coefficient (Wildman–Crippen LogP) is 0.437. The van der Waals surface area contributed by atoms with Gasteiger partial charge in [-0.3, -0.25) is 4.79 Å². The fourth-order valence-corrected chi connectivity index (χ4v) is 2.12. The monoisotopic (exact) mass is 228 g/mol. The van der Waals surface area contributed by atoms with E-state index >= 15 is 0 Å². The summed E-state index contributed by atoms with van der Waals surface area (Å²) in [5.41, 5.74) is 5.39. The normalized spacial score (nSPS) is 22.1. The molecule has 2 atom stereocenters. The molecule has 0 aromatic heterocycles. The van der Waals surface area contributed by atoms with E-state index in [9.17, 15) is 9.59 Å². The Labute approximate surface area is 95.6 Å². The van der Waals surface area contributed by atoms with Gasteiger partial charge in [-0.1, -0.05) is 6.92 Å². The number of carbonyl (C=O) groups excluding carboxylic acids is 1. The molecule has 0 aromatic rings. The van der Waals surface area contributed by atoms with Crippen molar-refractivity contribution in [2.45, 2.75) is 38.6 Å². The van der Waals surface area contributed by atoms with Crippen molar-refractivity contribution in [2.75, 3.05) is 13.1 Å². The first-order valence-corrected chi connectivity index (χ1v) is 5.81. The van der Waals surface area contributed by atoms with Gasteiger partial charge in [0.15, 0.2) is 0 Å². The fourth-order valence-electron chi connectivity index (χ4n) is 2.12. The Kier molecular flexibility index (Phi) is 4.73.